The maximum atomic E-state index is 6.44. The van der Waals surface area contributed by atoms with E-state index in [0.29, 0.717) is 10.3 Å². The second-order valence-electron chi connectivity index (χ2n) is 6.26. The van der Waals surface area contributed by atoms with Gasteiger partial charge in [0.15, 0.2) is 5.15 Å². The van der Waals surface area contributed by atoms with Crippen molar-refractivity contribution in [2.75, 3.05) is 0 Å². The highest BCUT2D eigenvalue weighted by Crippen LogP contribution is 2.34. The summed E-state index contributed by atoms with van der Waals surface area (Å²) in [6, 6.07) is 12.7. The Balaban J connectivity index is 2.08. The normalized spacial score (nSPS) is 11.3. The third kappa shape index (κ3) is 3.45. The second kappa shape index (κ2) is 7.58. The van der Waals surface area contributed by atoms with Gasteiger partial charge in [-0.25, -0.2) is 4.98 Å². The van der Waals surface area contributed by atoms with Crippen molar-refractivity contribution in [1.29, 1.82) is 0 Å². The van der Waals surface area contributed by atoms with Gasteiger partial charge in [-0.05, 0) is 35.7 Å². The molecule has 2 nitrogen and oxygen atoms in total. The van der Waals surface area contributed by atoms with E-state index < -0.39 is 0 Å². The smallest absolute Gasteiger partial charge is 0.166 e. The van der Waals surface area contributed by atoms with Crippen LogP contribution in [0, 0.1) is 6.92 Å². The number of unbranched alkanes of at least 4 members (excludes halogenated alkanes) is 3. The number of imidazole rings is 1. The van der Waals surface area contributed by atoms with Crippen molar-refractivity contribution in [1.82, 2.24) is 9.55 Å². The first-order valence-electron chi connectivity index (χ1n) is 8.53. The molecule has 1 heterocycles. The van der Waals surface area contributed by atoms with Crippen LogP contribution in [0.3, 0.4) is 0 Å². The van der Waals surface area contributed by atoms with Crippen LogP contribution in [-0.4, -0.2) is 9.55 Å². The van der Waals surface area contributed by atoms with E-state index in [1.165, 1.54) is 35.6 Å². The molecule has 0 atom stereocenters. The standard InChI is InChI=1S/C20H22Cl2N2/c1-3-4-5-8-11-24-19(22)18(21)23-20(24)17-13-14(2)12-15-9-6-7-10-16(15)17/h6-7,9-10,12-13H,3-5,8,11H2,1-2H3. The molecule has 0 unspecified atom stereocenters. The molecule has 0 aliphatic heterocycles. The lowest BCUT2D eigenvalue weighted by Crippen LogP contribution is -2.02. The molecule has 0 aliphatic carbocycles. The molecule has 0 saturated heterocycles. The van der Waals surface area contributed by atoms with Gasteiger partial charge in [0, 0.05) is 12.1 Å². The van der Waals surface area contributed by atoms with Gasteiger partial charge < -0.3 is 4.57 Å². The molecule has 0 fully saturated rings. The van der Waals surface area contributed by atoms with Gasteiger partial charge in [-0.15, -0.1) is 0 Å². The summed E-state index contributed by atoms with van der Waals surface area (Å²) in [6.07, 6.45) is 4.73. The van der Waals surface area contributed by atoms with E-state index >= 15 is 0 Å². The third-order valence-electron chi connectivity index (χ3n) is 4.35. The van der Waals surface area contributed by atoms with Crippen LogP contribution in [0.25, 0.3) is 22.2 Å². The Morgan fingerprint density at radius 2 is 1.83 bits per heavy atom. The van der Waals surface area contributed by atoms with E-state index in [4.69, 9.17) is 23.2 Å². The summed E-state index contributed by atoms with van der Waals surface area (Å²) in [4.78, 5) is 4.57. The fourth-order valence-electron chi connectivity index (χ4n) is 3.16. The Labute approximate surface area is 153 Å². The van der Waals surface area contributed by atoms with Crippen molar-refractivity contribution in [3.63, 3.8) is 0 Å². The highest BCUT2D eigenvalue weighted by Gasteiger charge is 2.17. The topological polar surface area (TPSA) is 17.8 Å². The van der Waals surface area contributed by atoms with Crippen molar-refractivity contribution in [3.05, 3.63) is 52.3 Å². The van der Waals surface area contributed by atoms with Gasteiger partial charge in [0.2, 0.25) is 0 Å². The molecule has 0 bridgehead atoms. The number of nitrogens with zero attached hydrogens (tertiary/aromatic N) is 2. The van der Waals surface area contributed by atoms with Crippen LogP contribution in [0.15, 0.2) is 36.4 Å². The summed E-state index contributed by atoms with van der Waals surface area (Å²) in [5, 5.41) is 3.30. The molecule has 2 aromatic carbocycles. The maximum Gasteiger partial charge on any atom is 0.166 e. The zero-order chi connectivity index (χ0) is 17.1. The SMILES string of the molecule is CCCCCCn1c(-c2cc(C)cc3ccccc23)nc(Cl)c1Cl. The Morgan fingerprint density at radius 1 is 1.04 bits per heavy atom. The molecule has 24 heavy (non-hydrogen) atoms. The number of benzene rings is 2. The van der Waals surface area contributed by atoms with E-state index in [2.05, 4.69) is 59.8 Å². The van der Waals surface area contributed by atoms with Crippen LogP contribution in [0.1, 0.15) is 38.2 Å². The minimum Gasteiger partial charge on any atom is -0.314 e. The van der Waals surface area contributed by atoms with E-state index in [1.54, 1.807) is 0 Å². The summed E-state index contributed by atoms with van der Waals surface area (Å²) in [6.45, 7) is 5.16. The molecule has 1 aromatic heterocycles. The van der Waals surface area contributed by atoms with Gasteiger partial charge in [0.05, 0.1) is 0 Å². The second-order valence-corrected chi connectivity index (χ2v) is 6.98. The van der Waals surface area contributed by atoms with Crippen LogP contribution in [-0.2, 0) is 6.54 Å². The molecule has 0 N–H and O–H groups in total. The van der Waals surface area contributed by atoms with Crippen LogP contribution < -0.4 is 0 Å². The molecule has 126 valence electrons. The number of aryl methyl sites for hydroxylation is 1. The van der Waals surface area contributed by atoms with E-state index in [0.717, 1.165) is 24.4 Å². The van der Waals surface area contributed by atoms with Gasteiger partial charge >= 0.3 is 0 Å². The van der Waals surface area contributed by atoms with Gasteiger partial charge in [-0.2, -0.15) is 0 Å². The van der Waals surface area contributed by atoms with Crippen LogP contribution in [0.5, 0.6) is 0 Å². The molecule has 0 saturated carbocycles. The molecule has 3 rings (SSSR count). The Bertz CT molecular complexity index is 852. The first-order chi connectivity index (χ1) is 11.6. The number of hydrogen-bond acceptors (Lipinski definition) is 1. The van der Waals surface area contributed by atoms with Gasteiger partial charge in [-0.3, -0.25) is 0 Å². The minimum atomic E-state index is 0.382. The third-order valence-corrected chi connectivity index (χ3v) is 5.09. The molecular weight excluding hydrogens is 339 g/mol. The van der Waals surface area contributed by atoms with Gasteiger partial charge in [0.1, 0.15) is 11.0 Å². The number of fused-ring (bicyclic) bond motifs is 1. The van der Waals surface area contributed by atoms with Gasteiger partial charge in [-0.1, -0.05) is 79.7 Å². The highest BCUT2D eigenvalue weighted by molar-refractivity contribution is 6.40. The first-order valence-corrected chi connectivity index (χ1v) is 9.28. The van der Waals surface area contributed by atoms with E-state index in [-0.39, 0.29) is 0 Å². The Morgan fingerprint density at radius 3 is 2.62 bits per heavy atom. The summed E-state index contributed by atoms with van der Waals surface area (Å²) in [5.74, 6) is 0.862. The highest BCUT2D eigenvalue weighted by atomic mass is 35.5. The predicted octanol–water partition coefficient (Wildman–Crippen LogP) is 6.90. The fraction of sp³-hybridized carbons (Fsp3) is 0.350. The monoisotopic (exact) mass is 360 g/mol. The lowest BCUT2D eigenvalue weighted by molar-refractivity contribution is 0.586. The zero-order valence-electron chi connectivity index (χ0n) is 14.1. The first kappa shape index (κ1) is 17.3. The van der Waals surface area contributed by atoms with Crippen molar-refractivity contribution < 1.29 is 0 Å². The quantitative estimate of drug-likeness (QED) is 0.437. The van der Waals surface area contributed by atoms with Crippen molar-refractivity contribution in [3.8, 4) is 11.4 Å². The van der Waals surface area contributed by atoms with Crippen LogP contribution >= 0.6 is 23.2 Å². The summed E-state index contributed by atoms with van der Waals surface area (Å²) >= 11 is 12.7. The number of halogens is 2. The maximum absolute atomic E-state index is 6.44. The Hall–Kier alpha value is -1.51. The molecular formula is C20H22Cl2N2. The molecule has 0 aliphatic rings. The summed E-state index contributed by atoms with van der Waals surface area (Å²) in [7, 11) is 0. The summed E-state index contributed by atoms with van der Waals surface area (Å²) in [5.41, 5.74) is 2.30. The number of hydrogen-bond donors (Lipinski definition) is 0. The van der Waals surface area contributed by atoms with Crippen molar-refractivity contribution >= 4 is 34.0 Å². The molecule has 0 radical (unpaired) electrons. The lowest BCUT2D eigenvalue weighted by atomic mass is 10.0. The molecule has 0 amide bonds. The van der Waals surface area contributed by atoms with Crippen molar-refractivity contribution in [2.24, 2.45) is 0 Å². The fourth-order valence-corrected chi connectivity index (χ4v) is 3.54. The van der Waals surface area contributed by atoms with E-state index in [1.807, 2.05) is 0 Å². The zero-order valence-corrected chi connectivity index (χ0v) is 15.7. The minimum absolute atomic E-state index is 0.382. The molecule has 0 spiro atoms. The summed E-state index contributed by atoms with van der Waals surface area (Å²) < 4.78 is 2.06. The van der Waals surface area contributed by atoms with Gasteiger partial charge in [0.25, 0.3) is 0 Å². The lowest BCUT2D eigenvalue weighted by Gasteiger charge is -2.12. The number of rotatable bonds is 6. The Kier molecular flexibility index (Phi) is 5.47. The molecule has 3 aromatic rings. The van der Waals surface area contributed by atoms with Crippen LogP contribution in [0.4, 0.5) is 0 Å². The van der Waals surface area contributed by atoms with Crippen LogP contribution in [0.2, 0.25) is 10.3 Å². The average molecular weight is 361 g/mol. The number of aromatic nitrogens is 2. The largest absolute Gasteiger partial charge is 0.314 e. The van der Waals surface area contributed by atoms with Crippen molar-refractivity contribution in [2.45, 2.75) is 46.1 Å². The predicted molar refractivity (Wildman–Crippen MR) is 104 cm³/mol. The molecule has 4 heteroatoms. The van der Waals surface area contributed by atoms with E-state index in [9.17, 15) is 0 Å². The average Bonchev–Trinajstić information content (AvgIpc) is 2.86.